The van der Waals surface area contributed by atoms with Crippen LogP contribution in [-0.4, -0.2) is 6.04 Å². The van der Waals surface area contributed by atoms with Crippen LogP contribution in [0.2, 0.25) is 0 Å². The largest absolute Gasteiger partial charge is 0.307 e. The zero-order chi connectivity index (χ0) is 16.3. The lowest BCUT2D eigenvalue weighted by Gasteiger charge is -2.29. The molecule has 1 nitrogen and oxygen atoms in total. The molecule has 2 aliphatic rings. The van der Waals surface area contributed by atoms with Crippen LogP contribution in [0, 0.1) is 5.41 Å². The highest BCUT2D eigenvalue weighted by Gasteiger charge is 2.38. The molecule has 0 fully saturated rings. The van der Waals surface area contributed by atoms with Gasteiger partial charge < -0.3 is 3.11 Å². The molecule has 2 unspecified atom stereocenters. The first-order chi connectivity index (χ1) is 10.1. The number of rotatable bonds is 0. The third-order valence-electron chi connectivity index (χ3n) is 4.81. The second kappa shape index (κ2) is 5.12. The lowest BCUT2D eigenvalue weighted by atomic mass is 9.78. The summed E-state index contributed by atoms with van der Waals surface area (Å²) in [6, 6.07) is 7.48. The van der Waals surface area contributed by atoms with E-state index in [4.69, 9.17) is 0 Å². The summed E-state index contributed by atoms with van der Waals surface area (Å²) < 4.78 is 2.40. The Bertz CT molecular complexity index is 655. The molecule has 0 radical (unpaired) electrons. The van der Waals surface area contributed by atoms with E-state index in [1.807, 2.05) is 0 Å². The molecular formula is C20H26IN. The van der Waals surface area contributed by atoms with Gasteiger partial charge in [-0.05, 0) is 33.6 Å². The first-order valence-corrected chi connectivity index (χ1v) is 9.05. The topological polar surface area (TPSA) is 3.24 Å². The van der Waals surface area contributed by atoms with Crippen LogP contribution in [0.15, 0.2) is 42.0 Å². The Morgan fingerprint density at radius 2 is 1.68 bits per heavy atom. The van der Waals surface area contributed by atoms with Gasteiger partial charge in [0.25, 0.3) is 0 Å². The lowest BCUT2D eigenvalue weighted by molar-refractivity contribution is 0.507. The first-order valence-electron chi connectivity index (χ1n) is 8.09. The van der Waals surface area contributed by atoms with Crippen LogP contribution in [0.25, 0.3) is 0 Å². The molecule has 3 rings (SSSR count). The summed E-state index contributed by atoms with van der Waals surface area (Å²) in [5, 5.41) is 0. The van der Waals surface area contributed by atoms with Crippen molar-refractivity contribution in [1.82, 2.24) is 0 Å². The highest BCUT2D eigenvalue weighted by Crippen LogP contribution is 2.49. The summed E-state index contributed by atoms with van der Waals surface area (Å²) in [6.45, 7) is 13.8. The van der Waals surface area contributed by atoms with E-state index >= 15 is 0 Å². The van der Waals surface area contributed by atoms with Crippen LogP contribution in [0.3, 0.4) is 0 Å². The van der Waals surface area contributed by atoms with Crippen molar-refractivity contribution in [3.8, 4) is 0 Å². The molecule has 1 aliphatic heterocycles. The molecule has 1 aromatic carbocycles. The van der Waals surface area contributed by atoms with Gasteiger partial charge in [-0.2, -0.15) is 0 Å². The molecule has 2 atom stereocenters. The number of allylic oxidation sites excluding steroid dienone is 2. The van der Waals surface area contributed by atoms with Crippen molar-refractivity contribution in [2.75, 3.05) is 3.11 Å². The Morgan fingerprint density at radius 1 is 1.00 bits per heavy atom. The zero-order valence-electron chi connectivity index (χ0n) is 14.4. The van der Waals surface area contributed by atoms with Crippen LogP contribution < -0.4 is 3.11 Å². The number of fused-ring (bicyclic) bond motifs is 3. The molecule has 0 bridgehead atoms. The van der Waals surface area contributed by atoms with Gasteiger partial charge in [0.1, 0.15) is 0 Å². The summed E-state index contributed by atoms with van der Waals surface area (Å²) in [5.74, 6) is 0.480. The van der Waals surface area contributed by atoms with E-state index in [2.05, 4.69) is 104 Å². The fraction of sp³-hybridized carbons (Fsp3) is 0.500. The number of benzene rings is 1. The number of hydrogen-bond acceptors (Lipinski definition) is 1. The average Bonchev–Trinajstić information content (AvgIpc) is 2.70. The molecular weight excluding hydrogens is 381 g/mol. The number of nitrogens with zero attached hydrogens (tertiary/aromatic N) is 1. The van der Waals surface area contributed by atoms with Gasteiger partial charge in [0, 0.05) is 5.92 Å². The van der Waals surface area contributed by atoms with Crippen molar-refractivity contribution < 1.29 is 0 Å². The summed E-state index contributed by atoms with van der Waals surface area (Å²) in [7, 11) is 0. The minimum Gasteiger partial charge on any atom is -0.307 e. The van der Waals surface area contributed by atoms with Crippen LogP contribution in [-0.2, 0) is 5.41 Å². The molecule has 0 spiro atoms. The predicted octanol–water partition coefficient (Wildman–Crippen LogP) is 6.15. The fourth-order valence-electron chi connectivity index (χ4n) is 3.30. The Hall–Kier alpha value is -0.770. The lowest BCUT2D eigenvalue weighted by Crippen LogP contribution is -2.26. The molecule has 0 saturated heterocycles. The van der Waals surface area contributed by atoms with Gasteiger partial charge in [0.15, 0.2) is 0 Å². The van der Waals surface area contributed by atoms with Gasteiger partial charge in [-0.3, -0.25) is 0 Å². The minimum atomic E-state index is 0.199. The summed E-state index contributed by atoms with van der Waals surface area (Å²) in [6.07, 6.45) is 7.20. The van der Waals surface area contributed by atoms with Crippen molar-refractivity contribution in [2.45, 2.75) is 58.9 Å². The van der Waals surface area contributed by atoms with Gasteiger partial charge in [0.2, 0.25) is 0 Å². The molecule has 0 aromatic heterocycles. The number of halogens is 1. The average molecular weight is 407 g/mol. The fourth-order valence-corrected chi connectivity index (χ4v) is 4.27. The maximum atomic E-state index is 2.49. The maximum absolute atomic E-state index is 2.49. The molecule has 118 valence electrons. The Balaban J connectivity index is 2.09. The van der Waals surface area contributed by atoms with Gasteiger partial charge in [0.05, 0.1) is 34.6 Å². The van der Waals surface area contributed by atoms with Gasteiger partial charge in [-0.15, -0.1) is 0 Å². The SMILES string of the molecule is CC(C)(C)C1=CC2c3cc(C(C)(C)C)ccc3N(I)C2C=C1. The van der Waals surface area contributed by atoms with Crippen LogP contribution in [0.1, 0.15) is 58.6 Å². The number of anilines is 1. The molecule has 0 N–H and O–H groups in total. The maximum Gasteiger partial charge on any atom is 0.0680 e. The first kappa shape index (κ1) is 16.1. The molecule has 2 heteroatoms. The van der Waals surface area contributed by atoms with Crippen molar-refractivity contribution in [3.63, 3.8) is 0 Å². The van der Waals surface area contributed by atoms with Crippen molar-refractivity contribution >= 4 is 28.6 Å². The zero-order valence-corrected chi connectivity index (χ0v) is 16.6. The Kier molecular flexibility index (Phi) is 3.75. The van der Waals surface area contributed by atoms with E-state index in [0.717, 1.165) is 0 Å². The highest BCUT2D eigenvalue weighted by molar-refractivity contribution is 14.1. The molecule has 0 saturated carbocycles. The minimum absolute atomic E-state index is 0.199. The van der Waals surface area contributed by atoms with Crippen molar-refractivity contribution in [2.24, 2.45) is 5.41 Å². The second-order valence-corrected chi connectivity index (χ2v) is 9.62. The molecule has 1 aliphatic carbocycles. The van der Waals surface area contributed by atoms with Crippen molar-refractivity contribution in [1.29, 1.82) is 0 Å². The highest BCUT2D eigenvalue weighted by atomic mass is 127. The summed E-state index contributed by atoms with van der Waals surface area (Å²) in [4.78, 5) is 0. The smallest absolute Gasteiger partial charge is 0.0680 e. The molecule has 1 heterocycles. The third-order valence-corrected chi connectivity index (χ3v) is 5.97. The van der Waals surface area contributed by atoms with Gasteiger partial charge >= 0.3 is 0 Å². The normalized spacial score (nSPS) is 24.1. The molecule has 1 aromatic rings. The number of hydrogen-bond donors (Lipinski definition) is 0. The Morgan fingerprint density at radius 3 is 2.27 bits per heavy atom. The van der Waals surface area contributed by atoms with E-state index in [-0.39, 0.29) is 10.8 Å². The van der Waals surface area contributed by atoms with Crippen molar-refractivity contribution in [3.05, 3.63) is 53.1 Å². The predicted molar refractivity (Wildman–Crippen MR) is 105 cm³/mol. The van der Waals surface area contributed by atoms with Crippen LogP contribution in [0.4, 0.5) is 5.69 Å². The van der Waals surface area contributed by atoms with Gasteiger partial charge in [-0.1, -0.05) is 71.9 Å². The van der Waals surface area contributed by atoms with Crippen LogP contribution >= 0.6 is 22.9 Å². The van der Waals surface area contributed by atoms with E-state index in [0.29, 0.717) is 12.0 Å². The standard InChI is InChI=1S/C20H26IN/c1-19(2,3)13-7-9-17-15(11-13)16-12-14(20(4,5)6)8-10-18(16)22(17)21/h7-12,15,17H,1-6H3. The third kappa shape index (κ3) is 2.64. The van der Waals surface area contributed by atoms with Crippen LogP contribution in [0.5, 0.6) is 0 Å². The van der Waals surface area contributed by atoms with Gasteiger partial charge in [-0.25, -0.2) is 0 Å². The monoisotopic (exact) mass is 407 g/mol. The Labute approximate surface area is 149 Å². The summed E-state index contributed by atoms with van der Waals surface area (Å²) in [5.41, 5.74) is 6.15. The second-order valence-electron chi connectivity index (χ2n) is 8.58. The van der Waals surface area contributed by atoms with E-state index in [1.165, 1.54) is 22.4 Å². The molecule has 0 amide bonds. The summed E-state index contributed by atoms with van der Waals surface area (Å²) >= 11 is 2.47. The quantitative estimate of drug-likeness (QED) is 0.368. The molecule has 22 heavy (non-hydrogen) atoms. The van der Waals surface area contributed by atoms with E-state index in [1.54, 1.807) is 0 Å². The van der Waals surface area contributed by atoms with E-state index < -0.39 is 0 Å². The van der Waals surface area contributed by atoms with E-state index in [9.17, 15) is 0 Å².